The quantitative estimate of drug-likeness (QED) is 0.804. The highest BCUT2D eigenvalue weighted by Crippen LogP contribution is 2.22. The zero-order valence-corrected chi connectivity index (χ0v) is 12.5. The molecule has 0 amide bonds. The molecule has 2 N–H and O–H groups in total. The van der Waals surface area contributed by atoms with Gasteiger partial charge in [0, 0.05) is 19.6 Å². The van der Waals surface area contributed by atoms with Gasteiger partial charge in [0.15, 0.2) is 11.6 Å². The van der Waals surface area contributed by atoms with Gasteiger partial charge in [-0.15, -0.1) is 0 Å². The molecule has 21 heavy (non-hydrogen) atoms. The fourth-order valence-electron chi connectivity index (χ4n) is 1.97. The number of ether oxygens (including phenoxy) is 2. The van der Waals surface area contributed by atoms with Crippen molar-refractivity contribution in [2.75, 3.05) is 26.4 Å². The second-order valence-corrected chi connectivity index (χ2v) is 6.64. The smallest absolute Gasteiger partial charge is 0.240 e. The minimum absolute atomic E-state index is 0.000675. The Morgan fingerprint density at radius 3 is 2.86 bits per heavy atom. The largest absolute Gasteiger partial charge is 0.491 e. The van der Waals surface area contributed by atoms with Crippen LogP contribution in [0.5, 0.6) is 5.75 Å². The lowest BCUT2D eigenvalue weighted by Gasteiger charge is -2.20. The molecule has 1 atom stereocenters. The van der Waals surface area contributed by atoms with Gasteiger partial charge in [0.25, 0.3) is 0 Å². The standard InChI is InChI=1S/C13H18FNO5S/c1-2-20-12-4-3-10(7-11(12)14)21(17,18)15-8-13(16)5-6-19-9-13/h3-4,7,15-16H,2,5-6,8-9H2,1H3. The first-order chi connectivity index (χ1) is 9.86. The molecule has 0 aliphatic carbocycles. The Labute approximate surface area is 122 Å². The van der Waals surface area contributed by atoms with Gasteiger partial charge in [-0.1, -0.05) is 0 Å². The Bertz CT molecular complexity index is 599. The second kappa shape index (κ2) is 6.27. The van der Waals surface area contributed by atoms with Crippen LogP contribution in [-0.2, 0) is 14.8 Å². The minimum atomic E-state index is -3.90. The first-order valence-electron chi connectivity index (χ1n) is 6.58. The Balaban J connectivity index is 2.10. The molecule has 0 spiro atoms. The Morgan fingerprint density at radius 1 is 1.52 bits per heavy atom. The van der Waals surface area contributed by atoms with E-state index in [0.717, 1.165) is 6.07 Å². The summed E-state index contributed by atoms with van der Waals surface area (Å²) >= 11 is 0. The molecule has 2 rings (SSSR count). The molecule has 1 aliphatic rings. The molecular formula is C13H18FNO5S. The van der Waals surface area contributed by atoms with Crippen molar-refractivity contribution in [1.82, 2.24) is 4.72 Å². The first-order valence-corrected chi connectivity index (χ1v) is 8.07. The summed E-state index contributed by atoms with van der Waals surface area (Å²) in [5.41, 5.74) is -1.21. The van der Waals surface area contributed by atoms with Crippen molar-refractivity contribution in [3.05, 3.63) is 24.0 Å². The Kier molecular flexibility index (Phi) is 4.82. The van der Waals surface area contributed by atoms with Crippen LogP contribution in [0.4, 0.5) is 4.39 Å². The van der Waals surface area contributed by atoms with E-state index in [4.69, 9.17) is 9.47 Å². The molecule has 0 radical (unpaired) electrons. The summed E-state index contributed by atoms with van der Waals surface area (Å²) in [4.78, 5) is -0.217. The summed E-state index contributed by atoms with van der Waals surface area (Å²) in [6.07, 6.45) is 0.354. The lowest BCUT2D eigenvalue weighted by atomic mass is 10.1. The van der Waals surface area contributed by atoms with Crippen molar-refractivity contribution < 1.29 is 27.4 Å². The number of halogens is 1. The van der Waals surface area contributed by atoms with Crippen LogP contribution < -0.4 is 9.46 Å². The predicted molar refractivity (Wildman–Crippen MR) is 73.1 cm³/mol. The molecular weight excluding hydrogens is 301 g/mol. The van der Waals surface area contributed by atoms with Gasteiger partial charge in [-0.2, -0.15) is 0 Å². The van der Waals surface area contributed by atoms with Gasteiger partial charge in [0.05, 0.1) is 18.1 Å². The molecule has 1 saturated heterocycles. The van der Waals surface area contributed by atoms with Gasteiger partial charge >= 0.3 is 0 Å². The van der Waals surface area contributed by atoms with Gasteiger partial charge in [-0.25, -0.2) is 17.5 Å². The summed E-state index contributed by atoms with van der Waals surface area (Å²) in [6.45, 7) is 2.28. The number of benzene rings is 1. The Hall–Kier alpha value is -1.22. The number of rotatable bonds is 6. The fourth-order valence-corrected chi connectivity index (χ4v) is 3.10. The van der Waals surface area contributed by atoms with Gasteiger partial charge in [-0.3, -0.25) is 0 Å². The second-order valence-electron chi connectivity index (χ2n) is 4.88. The molecule has 1 fully saturated rings. The third-order valence-corrected chi connectivity index (χ3v) is 4.59. The molecule has 0 bridgehead atoms. The molecule has 118 valence electrons. The summed E-state index contributed by atoms with van der Waals surface area (Å²) in [7, 11) is -3.90. The van der Waals surface area contributed by atoms with E-state index in [1.54, 1.807) is 6.92 Å². The van der Waals surface area contributed by atoms with Crippen LogP contribution in [0.1, 0.15) is 13.3 Å². The van der Waals surface area contributed by atoms with E-state index in [0.29, 0.717) is 13.0 Å². The number of hydrogen-bond acceptors (Lipinski definition) is 5. The van der Waals surface area contributed by atoms with Crippen molar-refractivity contribution in [2.24, 2.45) is 0 Å². The number of sulfonamides is 1. The van der Waals surface area contributed by atoms with Crippen molar-refractivity contribution in [3.8, 4) is 5.75 Å². The van der Waals surface area contributed by atoms with Crippen LogP contribution in [-0.4, -0.2) is 45.5 Å². The molecule has 1 aromatic rings. The maximum Gasteiger partial charge on any atom is 0.240 e. The van der Waals surface area contributed by atoms with Crippen LogP contribution in [0, 0.1) is 5.82 Å². The number of aliphatic hydroxyl groups is 1. The van der Waals surface area contributed by atoms with Crippen molar-refractivity contribution in [2.45, 2.75) is 23.8 Å². The van der Waals surface area contributed by atoms with Crippen LogP contribution >= 0.6 is 0 Å². The predicted octanol–water partition coefficient (Wildman–Crippen LogP) is 0.654. The SMILES string of the molecule is CCOc1ccc(S(=O)(=O)NCC2(O)CCOC2)cc1F. The molecule has 1 aliphatic heterocycles. The highest BCUT2D eigenvalue weighted by atomic mass is 32.2. The molecule has 1 unspecified atom stereocenters. The van der Waals surface area contributed by atoms with E-state index in [1.807, 2.05) is 0 Å². The van der Waals surface area contributed by atoms with E-state index < -0.39 is 21.4 Å². The molecule has 6 nitrogen and oxygen atoms in total. The molecule has 0 saturated carbocycles. The number of hydrogen-bond donors (Lipinski definition) is 2. The average Bonchev–Trinajstić information content (AvgIpc) is 2.87. The number of nitrogens with one attached hydrogen (secondary N) is 1. The van der Waals surface area contributed by atoms with Crippen molar-refractivity contribution in [3.63, 3.8) is 0 Å². The van der Waals surface area contributed by atoms with Crippen LogP contribution in [0.25, 0.3) is 0 Å². The molecule has 1 heterocycles. The van der Waals surface area contributed by atoms with E-state index in [-0.39, 0.29) is 30.4 Å². The summed E-state index contributed by atoms with van der Waals surface area (Å²) in [6, 6.07) is 3.41. The van der Waals surface area contributed by atoms with Gasteiger partial charge < -0.3 is 14.6 Å². The summed E-state index contributed by atoms with van der Waals surface area (Å²) in [5, 5.41) is 10.0. The van der Waals surface area contributed by atoms with Gasteiger partial charge in [0.2, 0.25) is 10.0 Å². The molecule has 8 heteroatoms. The molecule has 0 aromatic heterocycles. The summed E-state index contributed by atoms with van der Waals surface area (Å²) in [5.74, 6) is -0.748. The fraction of sp³-hybridized carbons (Fsp3) is 0.538. The van der Waals surface area contributed by atoms with Crippen LogP contribution in [0.3, 0.4) is 0 Å². The highest BCUT2D eigenvalue weighted by molar-refractivity contribution is 7.89. The third kappa shape index (κ3) is 3.91. The molecule has 1 aromatic carbocycles. The van der Waals surface area contributed by atoms with Gasteiger partial charge in [0.1, 0.15) is 5.60 Å². The van der Waals surface area contributed by atoms with Crippen molar-refractivity contribution in [1.29, 1.82) is 0 Å². The third-order valence-electron chi connectivity index (χ3n) is 3.19. The van der Waals surface area contributed by atoms with E-state index in [2.05, 4.69) is 4.72 Å². The van der Waals surface area contributed by atoms with Crippen LogP contribution in [0.15, 0.2) is 23.1 Å². The summed E-state index contributed by atoms with van der Waals surface area (Å²) < 4.78 is 50.2. The van der Waals surface area contributed by atoms with E-state index in [1.165, 1.54) is 12.1 Å². The monoisotopic (exact) mass is 319 g/mol. The zero-order valence-electron chi connectivity index (χ0n) is 11.6. The van der Waals surface area contributed by atoms with E-state index in [9.17, 15) is 17.9 Å². The lowest BCUT2D eigenvalue weighted by Crippen LogP contribution is -2.43. The topological polar surface area (TPSA) is 84.9 Å². The van der Waals surface area contributed by atoms with E-state index >= 15 is 0 Å². The average molecular weight is 319 g/mol. The van der Waals surface area contributed by atoms with Gasteiger partial charge in [-0.05, 0) is 25.1 Å². The zero-order chi connectivity index (χ0) is 15.5. The first kappa shape index (κ1) is 16.2. The maximum atomic E-state index is 13.7. The highest BCUT2D eigenvalue weighted by Gasteiger charge is 2.33. The maximum absolute atomic E-state index is 13.7. The van der Waals surface area contributed by atoms with Crippen molar-refractivity contribution >= 4 is 10.0 Å². The Morgan fingerprint density at radius 2 is 2.29 bits per heavy atom. The normalized spacial score (nSPS) is 22.4. The van der Waals surface area contributed by atoms with Crippen LogP contribution in [0.2, 0.25) is 0 Å². The lowest BCUT2D eigenvalue weighted by molar-refractivity contribution is 0.0314. The minimum Gasteiger partial charge on any atom is -0.491 e.